The number of hydrogen-bond acceptors (Lipinski definition) is 3. The molecule has 110 valence electrons. The van der Waals surface area contributed by atoms with Gasteiger partial charge in [0.25, 0.3) is 0 Å². The van der Waals surface area contributed by atoms with Gasteiger partial charge in [-0.1, -0.05) is 23.7 Å². The van der Waals surface area contributed by atoms with E-state index in [2.05, 4.69) is 32.6 Å². The Hall–Kier alpha value is -0.545. The summed E-state index contributed by atoms with van der Waals surface area (Å²) in [5.74, 6) is 0. The van der Waals surface area contributed by atoms with Crippen LogP contribution in [0.3, 0.4) is 0 Å². The Morgan fingerprint density at radius 2 is 1.65 bits per heavy atom. The first-order valence-corrected chi connectivity index (χ1v) is 7.29. The highest BCUT2D eigenvalue weighted by Crippen LogP contribution is 2.37. The molecule has 0 bridgehead atoms. The van der Waals surface area contributed by atoms with Gasteiger partial charge in [0, 0.05) is 11.6 Å². The summed E-state index contributed by atoms with van der Waals surface area (Å²) in [6.45, 7) is 9.00. The zero-order valence-electron chi connectivity index (χ0n) is 13.2. The summed E-state index contributed by atoms with van der Waals surface area (Å²) in [6.07, 6.45) is 0. The number of benzene rings is 1. The van der Waals surface area contributed by atoms with Gasteiger partial charge in [0.1, 0.15) is 0 Å². The van der Waals surface area contributed by atoms with Gasteiger partial charge >= 0.3 is 7.12 Å². The highest BCUT2D eigenvalue weighted by molar-refractivity contribution is 6.63. The summed E-state index contributed by atoms with van der Waals surface area (Å²) >= 11 is 6.36. The fraction of sp³-hybridized carbons (Fsp3) is 0.600. The highest BCUT2D eigenvalue weighted by Gasteiger charge is 2.52. The van der Waals surface area contributed by atoms with Crippen molar-refractivity contribution in [2.24, 2.45) is 0 Å². The van der Waals surface area contributed by atoms with Gasteiger partial charge in [0.05, 0.1) is 11.2 Å². The number of nitrogens with zero attached hydrogens (tertiary/aromatic N) is 1. The van der Waals surface area contributed by atoms with Crippen molar-refractivity contribution in [3.63, 3.8) is 0 Å². The van der Waals surface area contributed by atoms with Crippen LogP contribution in [0.2, 0.25) is 5.02 Å². The topological polar surface area (TPSA) is 21.7 Å². The predicted octanol–water partition coefficient (Wildman–Crippen LogP) is 2.70. The third-order valence-corrected chi connectivity index (χ3v) is 4.49. The van der Waals surface area contributed by atoms with Crippen molar-refractivity contribution in [3.8, 4) is 0 Å². The molecule has 0 saturated carbocycles. The Balaban J connectivity index is 2.37. The normalized spacial score (nSPS) is 20.7. The molecule has 3 nitrogen and oxygen atoms in total. The van der Waals surface area contributed by atoms with E-state index in [1.165, 1.54) is 0 Å². The van der Waals surface area contributed by atoms with Crippen molar-refractivity contribution in [1.82, 2.24) is 4.90 Å². The molecule has 0 radical (unpaired) electrons. The molecule has 1 heterocycles. The first-order chi connectivity index (χ1) is 9.14. The Bertz CT molecular complexity index is 487. The molecular weight excluding hydrogens is 272 g/mol. The van der Waals surface area contributed by atoms with Gasteiger partial charge < -0.3 is 14.2 Å². The summed E-state index contributed by atoms with van der Waals surface area (Å²) < 4.78 is 12.3. The van der Waals surface area contributed by atoms with Crippen molar-refractivity contribution in [1.29, 1.82) is 0 Å². The largest absolute Gasteiger partial charge is 0.495 e. The Labute approximate surface area is 127 Å². The van der Waals surface area contributed by atoms with Crippen LogP contribution >= 0.6 is 11.6 Å². The molecule has 0 unspecified atom stereocenters. The van der Waals surface area contributed by atoms with Crippen LogP contribution in [0.4, 0.5) is 0 Å². The maximum atomic E-state index is 6.36. The average Bonchev–Trinajstić information content (AvgIpc) is 2.50. The van der Waals surface area contributed by atoms with Crippen molar-refractivity contribution >= 4 is 24.2 Å². The fourth-order valence-corrected chi connectivity index (χ4v) is 2.49. The van der Waals surface area contributed by atoms with Gasteiger partial charge in [-0.05, 0) is 58.9 Å². The summed E-state index contributed by atoms with van der Waals surface area (Å²) in [7, 11) is 3.68. The fourth-order valence-electron chi connectivity index (χ4n) is 2.25. The quantitative estimate of drug-likeness (QED) is 0.800. The SMILES string of the molecule is CN(C)Cc1c(Cl)cccc1B1OC(C)(C)C(C)(C)O1. The molecule has 1 saturated heterocycles. The Morgan fingerprint density at radius 1 is 1.10 bits per heavy atom. The zero-order valence-corrected chi connectivity index (χ0v) is 13.9. The Morgan fingerprint density at radius 3 is 2.15 bits per heavy atom. The molecule has 0 amide bonds. The van der Waals surface area contributed by atoms with Crippen molar-refractivity contribution in [2.45, 2.75) is 45.4 Å². The van der Waals surface area contributed by atoms with Crippen LogP contribution < -0.4 is 5.46 Å². The van der Waals surface area contributed by atoms with Crippen LogP contribution in [0.15, 0.2) is 18.2 Å². The average molecular weight is 296 g/mol. The van der Waals surface area contributed by atoms with Crippen LogP contribution in [0.25, 0.3) is 0 Å². The lowest BCUT2D eigenvalue weighted by Crippen LogP contribution is -2.41. The summed E-state index contributed by atoms with van der Waals surface area (Å²) in [5, 5.41) is 0.755. The van der Waals surface area contributed by atoms with E-state index in [-0.39, 0.29) is 18.3 Å². The predicted molar refractivity (Wildman–Crippen MR) is 84.6 cm³/mol. The molecule has 0 aromatic heterocycles. The van der Waals surface area contributed by atoms with Gasteiger partial charge in [-0.2, -0.15) is 0 Å². The zero-order chi connectivity index (χ0) is 15.1. The summed E-state index contributed by atoms with van der Waals surface area (Å²) in [6, 6.07) is 5.89. The standard InChI is InChI=1S/C15H23BClNO2/c1-14(2)15(3,4)20-16(19-14)12-8-7-9-13(17)11(12)10-18(5)6/h7-9H,10H2,1-6H3. The van der Waals surface area contributed by atoms with Gasteiger partial charge in [-0.15, -0.1) is 0 Å². The van der Waals surface area contributed by atoms with E-state index in [0.717, 1.165) is 22.6 Å². The van der Waals surface area contributed by atoms with Gasteiger partial charge in [0.15, 0.2) is 0 Å². The minimum atomic E-state index is -0.367. The van der Waals surface area contributed by atoms with Crippen LogP contribution in [-0.2, 0) is 15.9 Å². The Kier molecular flexibility index (Phi) is 4.23. The van der Waals surface area contributed by atoms with E-state index in [1.807, 2.05) is 32.3 Å². The van der Waals surface area contributed by atoms with Gasteiger partial charge in [-0.25, -0.2) is 0 Å². The molecule has 0 N–H and O–H groups in total. The van der Waals surface area contributed by atoms with Crippen molar-refractivity contribution in [2.75, 3.05) is 14.1 Å². The van der Waals surface area contributed by atoms with Gasteiger partial charge in [-0.3, -0.25) is 0 Å². The van der Waals surface area contributed by atoms with Crippen molar-refractivity contribution in [3.05, 3.63) is 28.8 Å². The molecule has 20 heavy (non-hydrogen) atoms. The van der Waals surface area contributed by atoms with Gasteiger partial charge in [0.2, 0.25) is 0 Å². The molecule has 0 aliphatic carbocycles. The van der Waals surface area contributed by atoms with E-state index in [4.69, 9.17) is 20.9 Å². The molecule has 5 heteroatoms. The molecule has 0 atom stereocenters. The maximum absolute atomic E-state index is 6.36. The molecule has 0 spiro atoms. The summed E-state index contributed by atoms with van der Waals surface area (Å²) in [5.41, 5.74) is 1.41. The van der Waals surface area contributed by atoms with Crippen LogP contribution in [0.1, 0.15) is 33.3 Å². The van der Waals surface area contributed by atoms with Crippen LogP contribution in [0, 0.1) is 0 Å². The lowest BCUT2D eigenvalue weighted by Gasteiger charge is -2.32. The monoisotopic (exact) mass is 295 g/mol. The van der Waals surface area contributed by atoms with E-state index in [9.17, 15) is 0 Å². The number of halogens is 1. The highest BCUT2D eigenvalue weighted by atomic mass is 35.5. The second-order valence-electron chi connectivity index (χ2n) is 6.63. The molecular formula is C15H23BClNO2. The second kappa shape index (κ2) is 5.34. The smallest absolute Gasteiger partial charge is 0.399 e. The minimum absolute atomic E-state index is 0.338. The van der Waals surface area contributed by atoms with Crippen LogP contribution in [-0.4, -0.2) is 37.3 Å². The third kappa shape index (κ3) is 2.89. The second-order valence-corrected chi connectivity index (χ2v) is 7.04. The summed E-state index contributed by atoms with van der Waals surface area (Å²) in [4.78, 5) is 2.09. The first-order valence-electron chi connectivity index (χ1n) is 6.92. The molecule has 1 aromatic rings. The molecule has 1 aliphatic rings. The molecule has 1 aromatic carbocycles. The van der Waals surface area contributed by atoms with E-state index >= 15 is 0 Å². The number of hydrogen-bond donors (Lipinski definition) is 0. The molecule has 2 rings (SSSR count). The van der Waals surface area contributed by atoms with E-state index in [0.29, 0.717) is 0 Å². The number of rotatable bonds is 3. The van der Waals surface area contributed by atoms with E-state index in [1.54, 1.807) is 0 Å². The third-order valence-electron chi connectivity index (χ3n) is 4.14. The minimum Gasteiger partial charge on any atom is -0.399 e. The molecule has 1 fully saturated rings. The van der Waals surface area contributed by atoms with Crippen molar-refractivity contribution < 1.29 is 9.31 Å². The lowest BCUT2D eigenvalue weighted by molar-refractivity contribution is 0.00578. The van der Waals surface area contributed by atoms with Crippen LogP contribution in [0.5, 0.6) is 0 Å². The first kappa shape index (κ1) is 15.8. The van der Waals surface area contributed by atoms with E-state index < -0.39 is 0 Å². The lowest BCUT2D eigenvalue weighted by atomic mass is 9.76. The molecule has 1 aliphatic heterocycles. The maximum Gasteiger partial charge on any atom is 0.495 e.